The minimum Gasteiger partial charge on any atom is -0.363 e. The Morgan fingerprint density at radius 3 is 2.00 bits per heavy atom. The van der Waals surface area contributed by atoms with Crippen LogP contribution in [-0.2, 0) is 16.6 Å². The van der Waals surface area contributed by atoms with Gasteiger partial charge in [0.25, 0.3) is 10.0 Å². The van der Waals surface area contributed by atoms with Crippen LogP contribution in [0.3, 0.4) is 0 Å². The number of rotatable bonds is 6. The number of hydrogen-bond acceptors (Lipinski definition) is 5. The molecular formula is C22H20N4O2S. The largest absolute Gasteiger partial charge is 0.363 e. The minimum absolute atomic E-state index is 0.166. The zero-order valence-electron chi connectivity index (χ0n) is 15.8. The number of hydrogen-bond donors (Lipinski definition) is 2. The van der Waals surface area contributed by atoms with Crippen molar-refractivity contribution in [3.8, 4) is 0 Å². The predicted octanol–water partition coefficient (Wildman–Crippen LogP) is 4.35. The molecule has 0 atom stereocenters. The fourth-order valence-electron chi connectivity index (χ4n) is 2.87. The third-order valence-corrected chi connectivity index (χ3v) is 5.79. The summed E-state index contributed by atoms with van der Waals surface area (Å²) in [6.45, 7) is 2.52. The van der Waals surface area contributed by atoms with Crippen LogP contribution in [0.2, 0.25) is 0 Å². The number of nitrogens with one attached hydrogen (secondary N) is 2. The molecule has 6 nitrogen and oxygen atoms in total. The predicted molar refractivity (Wildman–Crippen MR) is 115 cm³/mol. The summed E-state index contributed by atoms with van der Waals surface area (Å²) >= 11 is 0. The maximum absolute atomic E-state index is 12.8. The first-order valence-electron chi connectivity index (χ1n) is 9.15. The van der Waals surface area contributed by atoms with Crippen molar-refractivity contribution in [1.29, 1.82) is 0 Å². The lowest BCUT2D eigenvalue weighted by molar-refractivity contribution is 0.601. The third-order valence-electron chi connectivity index (χ3n) is 4.44. The van der Waals surface area contributed by atoms with E-state index in [9.17, 15) is 8.42 Å². The van der Waals surface area contributed by atoms with E-state index in [1.165, 1.54) is 17.7 Å². The number of benzene rings is 3. The fourth-order valence-corrected chi connectivity index (χ4v) is 3.90. The van der Waals surface area contributed by atoms with E-state index in [0.717, 1.165) is 5.56 Å². The van der Waals surface area contributed by atoms with Crippen LogP contribution in [0.4, 0.5) is 11.6 Å². The monoisotopic (exact) mass is 404 g/mol. The second kappa shape index (κ2) is 7.89. The van der Waals surface area contributed by atoms with E-state index in [0.29, 0.717) is 23.4 Å². The zero-order chi connectivity index (χ0) is 20.3. The second-order valence-corrected chi connectivity index (χ2v) is 8.35. The molecule has 0 saturated heterocycles. The molecule has 0 fully saturated rings. The number of aryl methyl sites for hydroxylation is 1. The van der Waals surface area contributed by atoms with Crippen molar-refractivity contribution in [3.05, 3.63) is 90.0 Å². The Bertz CT molecular complexity index is 1240. The van der Waals surface area contributed by atoms with Gasteiger partial charge in [0.15, 0.2) is 11.6 Å². The molecule has 4 rings (SSSR count). The number of para-hydroxylation sites is 2. The Kier molecular flexibility index (Phi) is 5.14. The second-order valence-electron chi connectivity index (χ2n) is 6.67. The molecule has 0 saturated carbocycles. The molecule has 3 aromatic carbocycles. The van der Waals surface area contributed by atoms with Crippen LogP contribution in [0, 0.1) is 6.92 Å². The molecular weight excluding hydrogens is 384 g/mol. The van der Waals surface area contributed by atoms with Gasteiger partial charge in [0.1, 0.15) is 0 Å². The molecule has 1 aromatic heterocycles. The molecule has 0 unspecified atom stereocenters. The fraction of sp³-hybridized carbons (Fsp3) is 0.0909. The van der Waals surface area contributed by atoms with Gasteiger partial charge in [0, 0.05) is 6.54 Å². The Labute approximate surface area is 169 Å². The summed E-state index contributed by atoms with van der Waals surface area (Å²) in [7, 11) is -3.79. The first kappa shape index (κ1) is 18.9. The standard InChI is InChI=1S/C22H20N4O2S/c1-16-11-13-17(14-12-16)15-23-21-22(25-20-10-6-5-9-19(20)24-21)26-29(27,28)18-7-3-2-4-8-18/h2-14H,15H2,1H3,(H,23,24)(H,25,26). The van der Waals surface area contributed by atoms with Gasteiger partial charge in [0.2, 0.25) is 0 Å². The summed E-state index contributed by atoms with van der Waals surface area (Å²) in [5, 5.41) is 3.21. The van der Waals surface area contributed by atoms with Gasteiger partial charge in [-0.3, -0.25) is 4.72 Å². The van der Waals surface area contributed by atoms with E-state index >= 15 is 0 Å². The van der Waals surface area contributed by atoms with Crippen molar-refractivity contribution < 1.29 is 8.42 Å². The highest BCUT2D eigenvalue weighted by molar-refractivity contribution is 7.92. The zero-order valence-corrected chi connectivity index (χ0v) is 16.6. The van der Waals surface area contributed by atoms with Gasteiger partial charge in [-0.05, 0) is 36.8 Å². The molecule has 2 N–H and O–H groups in total. The van der Waals surface area contributed by atoms with Crippen LogP contribution in [0.5, 0.6) is 0 Å². The van der Waals surface area contributed by atoms with Gasteiger partial charge in [0.05, 0.1) is 15.9 Å². The maximum atomic E-state index is 12.8. The molecule has 0 aliphatic carbocycles. The highest BCUT2D eigenvalue weighted by Crippen LogP contribution is 2.24. The van der Waals surface area contributed by atoms with Crippen molar-refractivity contribution in [2.24, 2.45) is 0 Å². The van der Waals surface area contributed by atoms with Crippen molar-refractivity contribution in [1.82, 2.24) is 9.97 Å². The summed E-state index contributed by atoms with van der Waals surface area (Å²) in [4.78, 5) is 9.25. The van der Waals surface area contributed by atoms with Gasteiger partial charge in [-0.1, -0.05) is 60.2 Å². The highest BCUT2D eigenvalue weighted by atomic mass is 32.2. The maximum Gasteiger partial charge on any atom is 0.263 e. The molecule has 0 bridgehead atoms. The van der Waals surface area contributed by atoms with Crippen LogP contribution >= 0.6 is 0 Å². The average Bonchev–Trinajstić information content (AvgIpc) is 2.74. The van der Waals surface area contributed by atoms with Crippen LogP contribution in [0.25, 0.3) is 11.0 Å². The summed E-state index contributed by atoms with van der Waals surface area (Å²) in [5.74, 6) is 0.545. The first-order chi connectivity index (χ1) is 14.0. The Morgan fingerprint density at radius 2 is 1.34 bits per heavy atom. The molecule has 4 aromatic rings. The van der Waals surface area contributed by atoms with Crippen LogP contribution < -0.4 is 10.0 Å². The lowest BCUT2D eigenvalue weighted by Gasteiger charge is -2.14. The van der Waals surface area contributed by atoms with Gasteiger partial charge in [-0.15, -0.1) is 0 Å². The van der Waals surface area contributed by atoms with E-state index in [-0.39, 0.29) is 10.7 Å². The lowest BCUT2D eigenvalue weighted by Crippen LogP contribution is -2.16. The quantitative estimate of drug-likeness (QED) is 0.499. The number of aromatic nitrogens is 2. The molecule has 0 amide bonds. The normalized spacial score (nSPS) is 11.3. The van der Waals surface area contributed by atoms with Gasteiger partial charge >= 0.3 is 0 Å². The van der Waals surface area contributed by atoms with Crippen molar-refractivity contribution in [3.63, 3.8) is 0 Å². The van der Waals surface area contributed by atoms with Crippen LogP contribution in [0.1, 0.15) is 11.1 Å². The van der Waals surface area contributed by atoms with E-state index in [1.54, 1.807) is 24.3 Å². The summed E-state index contributed by atoms with van der Waals surface area (Å²) in [6, 6.07) is 23.6. The summed E-state index contributed by atoms with van der Waals surface area (Å²) in [5.41, 5.74) is 3.53. The minimum atomic E-state index is -3.79. The SMILES string of the molecule is Cc1ccc(CNc2nc3ccccc3nc2NS(=O)(=O)c2ccccc2)cc1. The van der Waals surface area contributed by atoms with Crippen LogP contribution in [0.15, 0.2) is 83.8 Å². The smallest absolute Gasteiger partial charge is 0.263 e. The topological polar surface area (TPSA) is 84.0 Å². The van der Waals surface area contributed by atoms with Crippen molar-refractivity contribution in [2.75, 3.05) is 10.0 Å². The molecule has 146 valence electrons. The molecule has 0 radical (unpaired) electrons. The van der Waals surface area contributed by atoms with E-state index in [4.69, 9.17) is 0 Å². The molecule has 1 heterocycles. The number of sulfonamides is 1. The van der Waals surface area contributed by atoms with Crippen molar-refractivity contribution in [2.45, 2.75) is 18.4 Å². The van der Waals surface area contributed by atoms with Gasteiger partial charge < -0.3 is 5.32 Å². The van der Waals surface area contributed by atoms with E-state index in [2.05, 4.69) is 20.0 Å². The lowest BCUT2D eigenvalue weighted by atomic mass is 10.1. The summed E-state index contributed by atoms with van der Waals surface area (Å²) in [6.07, 6.45) is 0. The molecule has 7 heteroatoms. The van der Waals surface area contributed by atoms with Crippen LogP contribution in [-0.4, -0.2) is 18.4 Å². The molecule has 0 spiro atoms. The third kappa shape index (κ3) is 4.35. The highest BCUT2D eigenvalue weighted by Gasteiger charge is 2.18. The van der Waals surface area contributed by atoms with E-state index < -0.39 is 10.0 Å². The Morgan fingerprint density at radius 1 is 0.759 bits per heavy atom. The van der Waals surface area contributed by atoms with Gasteiger partial charge in [-0.25, -0.2) is 18.4 Å². The average molecular weight is 404 g/mol. The van der Waals surface area contributed by atoms with Crippen molar-refractivity contribution >= 4 is 32.7 Å². The first-order valence-corrected chi connectivity index (χ1v) is 10.6. The molecule has 0 aliphatic heterocycles. The van der Waals surface area contributed by atoms with E-state index in [1.807, 2.05) is 49.4 Å². The summed E-state index contributed by atoms with van der Waals surface area (Å²) < 4.78 is 28.2. The Balaban J connectivity index is 1.69. The molecule has 29 heavy (non-hydrogen) atoms. The number of nitrogens with zero attached hydrogens (tertiary/aromatic N) is 2. The number of anilines is 2. The van der Waals surface area contributed by atoms with Gasteiger partial charge in [-0.2, -0.15) is 0 Å². The molecule has 0 aliphatic rings. The Hall–Kier alpha value is -3.45. The number of fused-ring (bicyclic) bond motifs is 1.